The van der Waals surface area contributed by atoms with Gasteiger partial charge in [-0.15, -0.1) is 0 Å². The van der Waals surface area contributed by atoms with Gasteiger partial charge in [-0.2, -0.15) is 0 Å². The van der Waals surface area contributed by atoms with Gasteiger partial charge in [0.25, 0.3) is 0 Å². The molecule has 1 aromatic carbocycles. The number of sulfonamides is 1. The van der Waals surface area contributed by atoms with Gasteiger partial charge in [0.2, 0.25) is 10.0 Å². The van der Waals surface area contributed by atoms with E-state index in [0.29, 0.717) is 18.1 Å². The second-order valence-electron chi connectivity index (χ2n) is 5.14. The van der Waals surface area contributed by atoms with Crippen LogP contribution in [0.5, 0.6) is 0 Å². The van der Waals surface area contributed by atoms with Crippen LogP contribution < -0.4 is 4.72 Å². The predicted molar refractivity (Wildman–Crippen MR) is 81.5 cm³/mol. The van der Waals surface area contributed by atoms with E-state index in [2.05, 4.69) is 11.3 Å². The Morgan fingerprint density at radius 1 is 1.25 bits per heavy atom. The van der Waals surface area contributed by atoms with Crippen LogP contribution in [-0.2, 0) is 14.8 Å². The van der Waals surface area contributed by atoms with Crippen LogP contribution in [0.25, 0.3) is 0 Å². The molecule has 0 aliphatic carbocycles. The van der Waals surface area contributed by atoms with E-state index >= 15 is 0 Å². The fourth-order valence-corrected chi connectivity index (χ4v) is 3.62. The van der Waals surface area contributed by atoms with Gasteiger partial charge in [0.15, 0.2) is 0 Å². The van der Waals surface area contributed by atoms with Crippen molar-refractivity contribution < 1.29 is 13.2 Å². The fraction of sp³-hybridized carbons (Fsp3) is 0.467. The molecule has 4 nitrogen and oxygen atoms in total. The first-order valence-corrected chi connectivity index (χ1v) is 8.02. The number of benzene rings is 1. The molecule has 5 heteroatoms. The second kappa shape index (κ2) is 7.02. The Morgan fingerprint density at radius 2 is 1.80 bits per heavy atom. The Kier molecular flexibility index (Phi) is 5.92. The maximum atomic E-state index is 12.3. The van der Waals surface area contributed by atoms with Gasteiger partial charge in [-0.05, 0) is 38.8 Å². The number of nitrogens with one attached hydrogen (secondary N) is 1. The van der Waals surface area contributed by atoms with Crippen molar-refractivity contribution in [1.29, 1.82) is 0 Å². The molecule has 0 heterocycles. The van der Waals surface area contributed by atoms with Crippen molar-refractivity contribution in [2.75, 3.05) is 19.8 Å². The summed E-state index contributed by atoms with van der Waals surface area (Å²) in [6, 6.07) is 3.75. The van der Waals surface area contributed by atoms with E-state index in [9.17, 15) is 8.42 Å². The average molecular weight is 297 g/mol. The predicted octanol–water partition coefficient (Wildman–Crippen LogP) is 2.48. The molecule has 0 aromatic heterocycles. The summed E-state index contributed by atoms with van der Waals surface area (Å²) in [7, 11) is -3.49. The van der Waals surface area contributed by atoms with Gasteiger partial charge in [0, 0.05) is 6.54 Å². The third-order valence-corrected chi connectivity index (χ3v) is 4.53. The van der Waals surface area contributed by atoms with Crippen LogP contribution in [0.3, 0.4) is 0 Å². The summed E-state index contributed by atoms with van der Waals surface area (Å²) in [4.78, 5) is 0.364. The van der Waals surface area contributed by atoms with Gasteiger partial charge in [-0.25, -0.2) is 13.1 Å². The molecule has 0 atom stereocenters. The average Bonchev–Trinajstić information content (AvgIpc) is 2.25. The lowest BCUT2D eigenvalue weighted by molar-refractivity contribution is 0.162. The molecule has 1 rings (SSSR count). The van der Waals surface area contributed by atoms with Crippen molar-refractivity contribution in [1.82, 2.24) is 4.72 Å². The summed E-state index contributed by atoms with van der Waals surface area (Å²) in [5.41, 5.74) is 3.50. The van der Waals surface area contributed by atoms with Crippen LogP contribution in [0.15, 0.2) is 29.2 Å². The minimum Gasteiger partial charge on any atom is -0.376 e. The van der Waals surface area contributed by atoms with Crippen LogP contribution >= 0.6 is 0 Å². The SMILES string of the molecule is C=C(C)COCCNS(=O)(=O)c1c(C)cc(C)cc1C. The summed E-state index contributed by atoms with van der Waals surface area (Å²) in [5, 5.41) is 0. The van der Waals surface area contributed by atoms with Crippen LogP contribution in [0, 0.1) is 20.8 Å². The molecule has 0 amide bonds. The van der Waals surface area contributed by atoms with Gasteiger partial charge < -0.3 is 4.74 Å². The van der Waals surface area contributed by atoms with E-state index in [-0.39, 0.29) is 6.54 Å². The largest absolute Gasteiger partial charge is 0.376 e. The zero-order valence-electron chi connectivity index (χ0n) is 12.6. The summed E-state index contributed by atoms with van der Waals surface area (Å²) in [5.74, 6) is 0. The van der Waals surface area contributed by atoms with Gasteiger partial charge in [-0.3, -0.25) is 0 Å². The van der Waals surface area contributed by atoms with E-state index in [1.54, 1.807) is 0 Å². The molecule has 0 saturated heterocycles. The smallest absolute Gasteiger partial charge is 0.241 e. The molecule has 1 N–H and O–H groups in total. The standard InChI is InChI=1S/C15H23NO3S/c1-11(2)10-19-7-6-16-20(17,18)15-13(4)8-12(3)9-14(15)5/h8-9,16H,1,6-7,10H2,2-5H3. The van der Waals surface area contributed by atoms with E-state index in [0.717, 1.165) is 22.3 Å². The maximum Gasteiger partial charge on any atom is 0.241 e. The molecule has 0 aliphatic heterocycles. The zero-order chi connectivity index (χ0) is 15.3. The third kappa shape index (κ3) is 4.74. The summed E-state index contributed by atoms with van der Waals surface area (Å²) in [6.45, 7) is 12.2. The van der Waals surface area contributed by atoms with Gasteiger partial charge in [0.05, 0.1) is 18.1 Å². The van der Waals surface area contributed by atoms with Crippen molar-refractivity contribution in [2.24, 2.45) is 0 Å². The molecule has 112 valence electrons. The van der Waals surface area contributed by atoms with Crippen molar-refractivity contribution in [2.45, 2.75) is 32.6 Å². The molecular weight excluding hydrogens is 274 g/mol. The molecule has 0 fully saturated rings. The van der Waals surface area contributed by atoms with Gasteiger partial charge in [0.1, 0.15) is 0 Å². The topological polar surface area (TPSA) is 55.4 Å². The Labute approximate surface area is 121 Å². The lowest BCUT2D eigenvalue weighted by atomic mass is 10.1. The molecule has 0 unspecified atom stereocenters. The van der Waals surface area contributed by atoms with Crippen molar-refractivity contribution in [3.8, 4) is 0 Å². The number of ether oxygens (including phenoxy) is 1. The Hall–Kier alpha value is -1.17. The van der Waals surface area contributed by atoms with Crippen molar-refractivity contribution >= 4 is 10.0 Å². The van der Waals surface area contributed by atoms with Crippen LogP contribution in [0.2, 0.25) is 0 Å². The molecule has 0 aliphatic rings. The summed E-state index contributed by atoms with van der Waals surface area (Å²) >= 11 is 0. The molecular formula is C15H23NO3S. The van der Waals surface area contributed by atoms with Gasteiger partial charge >= 0.3 is 0 Å². The highest BCUT2D eigenvalue weighted by Crippen LogP contribution is 2.21. The number of hydrogen-bond donors (Lipinski definition) is 1. The Morgan fingerprint density at radius 3 is 2.30 bits per heavy atom. The molecule has 20 heavy (non-hydrogen) atoms. The first kappa shape index (κ1) is 16.9. The number of hydrogen-bond acceptors (Lipinski definition) is 3. The molecule has 1 aromatic rings. The van der Waals surface area contributed by atoms with E-state index in [4.69, 9.17) is 4.74 Å². The maximum absolute atomic E-state index is 12.3. The number of aryl methyl sites for hydroxylation is 3. The Balaban J connectivity index is 2.73. The van der Waals surface area contributed by atoms with E-state index in [1.807, 2.05) is 39.8 Å². The van der Waals surface area contributed by atoms with Crippen LogP contribution in [0.1, 0.15) is 23.6 Å². The highest BCUT2D eigenvalue weighted by Gasteiger charge is 2.19. The monoisotopic (exact) mass is 297 g/mol. The normalized spacial score (nSPS) is 11.6. The lowest BCUT2D eigenvalue weighted by Gasteiger charge is -2.13. The minimum atomic E-state index is -3.49. The lowest BCUT2D eigenvalue weighted by Crippen LogP contribution is -2.28. The van der Waals surface area contributed by atoms with Crippen LogP contribution in [0.4, 0.5) is 0 Å². The molecule has 0 spiro atoms. The molecule has 0 saturated carbocycles. The van der Waals surface area contributed by atoms with E-state index in [1.165, 1.54) is 0 Å². The zero-order valence-corrected chi connectivity index (χ0v) is 13.4. The first-order chi connectivity index (χ1) is 9.24. The van der Waals surface area contributed by atoms with E-state index < -0.39 is 10.0 Å². The molecule has 0 radical (unpaired) electrons. The highest BCUT2D eigenvalue weighted by atomic mass is 32.2. The van der Waals surface area contributed by atoms with Crippen molar-refractivity contribution in [3.05, 3.63) is 41.0 Å². The van der Waals surface area contributed by atoms with Gasteiger partial charge in [-0.1, -0.05) is 29.8 Å². The quantitative estimate of drug-likeness (QED) is 0.621. The van der Waals surface area contributed by atoms with Crippen molar-refractivity contribution in [3.63, 3.8) is 0 Å². The van der Waals surface area contributed by atoms with Crippen LogP contribution in [-0.4, -0.2) is 28.2 Å². The first-order valence-electron chi connectivity index (χ1n) is 6.53. The minimum absolute atomic E-state index is 0.252. The Bertz CT molecular complexity index is 568. The second-order valence-corrected chi connectivity index (χ2v) is 6.84. The molecule has 0 bridgehead atoms. The number of rotatable bonds is 7. The third-order valence-electron chi connectivity index (χ3n) is 2.76. The summed E-state index contributed by atoms with van der Waals surface area (Å²) < 4.78 is 32.4. The fourth-order valence-electron chi connectivity index (χ4n) is 2.16. The highest BCUT2D eigenvalue weighted by molar-refractivity contribution is 7.89. The summed E-state index contributed by atoms with van der Waals surface area (Å²) in [6.07, 6.45) is 0.